The van der Waals surface area contributed by atoms with E-state index in [4.69, 9.17) is 0 Å². The average molecular weight is 295 g/mol. The smallest absolute Gasteiger partial charge is 0.245 e. The number of nitrogens with zero attached hydrogens (tertiary/aromatic N) is 1. The van der Waals surface area contributed by atoms with Gasteiger partial charge in [0, 0.05) is 18.2 Å². The summed E-state index contributed by atoms with van der Waals surface area (Å²) in [5, 5.41) is 0. The van der Waals surface area contributed by atoms with E-state index in [1.807, 2.05) is 25.1 Å². The summed E-state index contributed by atoms with van der Waals surface area (Å²) in [6.45, 7) is 7.12. The molecule has 0 saturated carbocycles. The van der Waals surface area contributed by atoms with Gasteiger partial charge in [-0.2, -0.15) is 0 Å². The van der Waals surface area contributed by atoms with Gasteiger partial charge in [0.25, 0.3) is 0 Å². The molecule has 116 valence electrons. The number of carbonyl (C=O) groups excluding carboxylic acids is 1. The number of hydrogen-bond donors (Lipinski definition) is 0. The Morgan fingerprint density at radius 3 is 2.33 bits per heavy atom. The minimum absolute atomic E-state index is 0.230. The maximum Gasteiger partial charge on any atom is 0.245 e. The Morgan fingerprint density at radius 2 is 1.86 bits per heavy atom. The molecule has 1 aliphatic heterocycles. The van der Waals surface area contributed by atoms with E-state index in [1.54, 1.807) is 27.8 Å². The van der Waals surface area contributed by atoms with Gasteiger partial charge in [0.15, 0.2) is 0 Å². The monoisotopic (exact) mass is 295 g/mol. The minimum atomic E-state index is -2.54. The fourth-order valence-electron chi connectivity index (χ4n) is 3.87. The molecule has 0 spiro atoms. The number of fused-ring (bicyclic) bond motifs is 1. The van der Waals surface area contributed by atoms with E-state index in [-0.39, 0.29) is 18.7 Å². The van der Waals surface area contributed by atoms with Gasteiger partial charge in [-0.05, 0) is 38.3 Å². The maximum absolute atomic E-state index is 14.0. The summed E-state index contributed by atoms with van der Waals surface area (Å²) in [7, 11) is 1.67. The molecule has 1 amide bonds. The van der Waals surface area contributed by atoms with E-state index < -0.39 is 17.3 Å². The molecule has 0 N–H and O–H groups in total. The van der Waals surface area contributed by atoms with Crippen LogP contribution >= 0.6 is 0 Å². The van der Waals surface area contributed by atoms with Crippen LogP contribution in [0.1, 0.15) is 44.7 Å². The Kier molecular flexibility index (Phi) is 3.85. The van der Waals surface area contributed by atoms with Crippen molar-refractivity contribution >= 4 is 11.6 Å². The number of halogens is 2. The van der Waals surface area contributed by atoms with Gasteiger partial charge in [-0.3, -0.25) is 4.79 Å². The lowest BCUT2D eigenvalue weighted by atomic mass is 9.58. The zero-order chi connectivity index (χ0) is 16.0. The van der Waals surface area contributed by atoms with Gasteiger partial charge in [0.1, 0.15) is 0 Å². The van der Waals surface area contributed by atoms with E-state index in [0.717, 1.165) is 16.8 Å². The highest BCUT2D eigenvalue weighted by molar-refractivity contribution is 6.08. The van der Waals surface area contributed by atoms with Crippen molar-refractivity contribution in [3.63, 3.8) is 0 Å². The first kappa shape index (κ1) is 15.9. The minimum Gasteiger partial charge on any atom is -0.314 e. The number of rotatable bonds is 4. The van der Waals surface area contributed by atoms with Crippen LogP contribution in [0.2, 0.25) is 0 Å². The largest absolute Gasteiger partial charge is 0.314 e. The van der Waals surface area contributed by atoms with Crippen LogP contribution < -0.4 is 4.90 Å². The second-order valence-electron chi connectivity index (χ2n) is 6.17. The van der Waals surface area contributed by atoms with Crippen molar-refractivity contribution in [1.29, 1.82) is 0 Å². The van der Waals surface area contributed by atoms with E-state index >= 15 is 0 Å². The van der Waals surface area contributed by atoms with Crippen LogP contribution in [0.4, 0.5) is 14.5 Å². The van der Waals surface area contributed by atoms with Crippen LogP contribution in [0.3, 0.4) is 0 Å². The number of carbonyl (C=O) groups is 1. The lowest BCUT2D eigenvalue weighted by Gasteiger charge is -2.44. The van der Waals surface area contributed by atoms with Gasteiger partial charge in [-0.1, -0.05) is 31.5 Å². The average Bonchev–Trinajstić information content (AvgIpc) is 2.63. The Hall–Kier alpha value is -1.45. The predicted molar refractivity (Wildman–Crippen MR) is 81.0 cm³/mol. The Balaban J connectivity index is 2.77. The summed E-state index contributed by atoms with van der Waals surface area (Å²) in [5.74, 6) is -0.230. The molecule has 2 rings (SSSR count). The molecular formula is C17H23F2NO. The zero-order valence-electron chi connectivity index (χ0n) is 13.3. The first-order chi connectivity index (χ1) is 9.76. The van der Waals surface area contributed by atoms with Crippen molar-refractivity contribution < 1.29 is 13.6 Å². The summed E-state index contributed by atoms with van der Waals surface area (Å²) in [6.07, 6.45) is -2.00. The van der Waals surface area contributed by atoms with E-state index in [0.29, 0.717) is 0 Å². The lowest BCUT2D eigenvalue weighted by molar-refractivity contribution is -0.136. The van der Waals surface area contributed by atoms with Gasteiger partial charge < -0.3 is 4.90 Å². The molecule has 4 heteroatoms. The number of alkyl halides is 2. The van der Waals surface area contributed by atoms with Crippen molar-refractivity contribution in [2.45, 2.75) is 52.4 Å². The normalized spacial score (nSPS) is 22.1. The third-order valence-corrected chi connectivity index (χ3v) is 5.46. The van der Waals surface area contributed by atoms with E-state index in [1.165, 1.54) is 4.90 Å². The fraction of sp³-hybridized carbons (Fsp3) is 0.588. The topological polar surface area (TPSA) is 20.3 Å². The third kappa shape index (κ3) is 1.84. The lowest BCUT2D eigenvalue weighted by Crippen LogP contribution is -2.53. The molecule has 0 fully saturated rings. The van der Waals surface area contributed by atoms with E-state index in [2.05, 4.69) is 0 Å². The summed E-state index contributed by atoms with van der Waals surface area (Å²) in [5.41, 5.74) is -0.0458. The Morgan fingerprint density at radius 1 is 1.29 bits per heavy atom. The molecule has 1 heterocycles. The van der Waals surface area contributed by atoms with Gasteiger partial charge >= 0.3 is 0 Å². The van der Waals surface area contributed by atoms with Gasteiger partial charge in [-0.15, -0.1) is 0 Å². The Bertz CT molecular complexity index is 566. The van der Waals surface area contributed by atoms with Crippen LogP contribution in [0.15, 0.2) is 18.2 Å². The van der Waals surface area contributed by atoms with Gasteiger partial charge in [0.05, 0.1) is 5.41 Å². The molecule has 1 aliphatic rings. The van der Waals surface area contributed by atoms with Crippen molar-refractivity contribution in [1.82, 2.24) is 0 Å². The molecule has 0 radical (unpaired) electrons. The molecular weight excluding hydrogens is 272 g/mol. The highest BCUT2D eigenvalue weighted by atomic mass is 19.3. The van der Waals surface area contributed by atoms with Crippen LogP contribution in [0.25, 0.3) is 0 Å². The fourth-order valence-corrected chi connectivity index (χ4v) is 3.87. The van der Waals surface area contributed by atoms with Crippen LogP contribution in [-0.4, -0.2) is 19.4 Å². The third-order valence-electron chi connectivity index (χ3n) is 5.46. The number of aryl methyl sites for hydroxylation is 1. The van der Waals surface area contributed by atoms with Gasteiger partial charge in [0.2, 0.25) is 12.3 Å². The van der Waals surface area contributed by atoms with E-state index in [9.17, 15) is 13.6 Å². The molecule has 0 saturated heterocycles. The SMILES string of the molecule is CCC(CC)(C(F)F)C1(C)C(=O)N(C)c2ccc(C)cc21. The van der Waals surface area contributed by atoms with Crippen molar-refractivity contribution in [3.8, 4) is 0 Å². The number of likely N-dealkylation sites (N-methyl/N-ethyl adjacent to an activating group) is 1. The second-order valence-corrected chi connectivity index (χ2v) is 6.17. The standard InChI is InChI=1S/C17H23F2NO/c1-6-17(7-2,14(18)19)16(4)12-10-11(3)8-9-13(12)20(5)15(16)21/h8-10,14H,6-7H2,1-5H3. The predicted octanol–water partition coefficient (Wildman–Crippen LogP) is 4.30. The molecule has 1 aromatic rings. The summed E-state index contributed by atoms with van der Waals surface area (Å²) < 4.78 is 28.0. The molecule has 1 unspecified atom stereocenters. The van der Waals surface area contributed by atoms with Crippen molar-refractivity contribution in [2.75, 3.05) is 11.9 Å². The van der Waals surface area contributed by atoms with Crippen LogP contribution in [0.5, 0.6) is 0 Å². The van der Waals surface area contributed by atoms with Crippen molar-refractivity contribution in [3.05, 3.63) is 29.3 Å². The number of anilines is 1. The molecule has 0 bridgehead atoms. The summed E-state index contributed by atoms with van der Waals surface area (Å²) >= 11 is 0. The maximum atomic E-state index is 14.0. The first-order valence-electron chi connectivity index (χ1n) is 7.43. The molecule has 1 atom stereocenters. The first-order valence-corrected chi connectivity index (χ1v) is 7.43. The molecule has 1 aromatic carbocycles. The van der Waals surface area contributed by atoms with Crippen molar-refractivity contribution in [2.24, 2.45) is 5.41 Å². The highest BCUT2D eigenvalue weighted by Gasteiger charge is 2.61. The number of amides is 1. The molecule has 21 heavy (non-hydrogen) atoms. The summed E-state index contributed by atoms with van der Waals surface area (Å²) in [6, 6.07) is 5.66. The Labute approximate surface area is 125 Å². The highest BCUT2D eigenvalue weighted by Crippen LogP contribution is 2.57. The zero-order valence-corrected chi connectivity index (χ0v) is 13.3. The summed E-state index contributed by atoms with van der Waals surface area (Å²) in [4.78, 5) is 14.4. The second kappa shape index (κ2) is 5.08. The molecule has 2 nitrogen and oxygen atoms in total. The number of hydrogen-bond acceptors (Lipinski definition) is 1. The molecule has 0 aromatic heterocycles. The van der Waals surface area contributed by atoms with Gasteiger partial charge in [-0.25, -0.2) is 8.78 Å². The quantitative estimate of drug-likeness (QED) is 0.811. The molecule has 0 aliphatic carbocycles. The number of benzene rings is 1. The van der Waals surface area contributed by atoms with Crippen LogP contribution in [0, 0.1) is 12.3 Å². The van der Waals surface area contributed by atoms with Crippen LogP contribution in [-0.2, 0) is 10.2 Å².